The standard InChI is InChI=1S/C32H46N4O5/c1-5-6-17-34(18-9-10-19-36(2,3)4)30(37)22-35-21-26(24-12-15-28-29(20-24)41-23-40-28)31(32(38)39)27(35)14-13-25-11-7-8-16-33-25/h7-8,11-12,15-16,20,26-27,31H,5-6,9-10,13-14,17-19,21-23H2,1-4H3/p+1/t26-,27+,31?/m1/s1. The lowest BCUT2D eigenvalue weighted by atomic mass is 9.83. The molecule has 1 amide bonds. The predicted molar refractivity (Wildman–Crippen MR) is 158 cm³/mol. The van der Waals surface area contributed by atoms with E-state index in [0.29, 0.717) is 30.9 Å². The topological polar surface area (TPSA) is 92.2 Å². The van der Waals surface area contributed by atoms with Gasteiger partial charge in [-0.1, -0.05) is 25.5 Å². The SMILES string of the molecule is CCCCN(CCCC[N+](C)(C)C)C(=O)CN1C[C@H](c2ccc3c(c2)OCO3)C(C(=O)O)[C@@H]1CCc1ccccn1. The summed E-state index contributed by atoms with van der Waals surface area (Å²) in [6.45, 7) is 5.56. The molecule has 1 saturated heterocycles. The lowest BCUT2D eigenvalue weighted by Gasteiger charge is -2.30. The Kier molecular flexibility index (Phi) is 10.6. The molecule has 2 aliphatic rings. The summed E-state index contributed by atoms with van der Waals surface area (Å²) in [5.41, 5.74) is 1.83. The Labute approximate surface area is 244 Å². The number of nitrogens with zero attached hydrogens (tertiary/aromatic N) is 4. The molecule has 4 rings (SSSR count). The molecule has 1 aromatic carbocycles. The molecule has 2 aliphatic heterocycles. The lowest BCUT2D eigenvalue weighted by Crippen LogP contribution is -2.45. The van der Waals surface area contributed by atoms with Gasteiger partial charge in [0.15, 0.2) is 11.5 Å². The second kappa shape index (κ2) is 14.1. The fraction of sp³-hybridized carbons (Fsp3) is 0.594. The molecule has 0 aliphatic carbocycles. The van der Waals surface area contributed by atoms with Crippen LogP contribution in [0.3, 0.4) is 0 Å². The lowest BCUT2D eigenvalue weighted by molar-refractivity contribution is -0.870. The third kappa shape index (κ3) is 8.42. The third-order valence-corrected chi connectivity index (χ3v) is 8.26. The molecule has 1 fully saturated rings. The molecule has 41 heavy (non-hydrogen) atoms. The van der Waals surface area contributed by atoms with Gasteiger partial charge in [-0.2, -0.15) is 0 Å². The van der Waals surface area contributed by atoms with Crippen molar-refractivity contribution in [2.45, 2.75) is 57.4 Å². The van der Waals surface area contributed by atoms with Gasteiger partial charge in [-0.25, -0.2) is 0 Å². The average molecular weight is 568 g/mol. The summed E-state index contributed by atoms with van der Waals surface area (Å²) in [7, 11) is 6.57. The van der Waals surface area contributed by atoms with Crippen LogP contribution in [0.1, 0.15) is 56.2 Å². The van der Waals surface area contributed by atoms with E-state index in [1.54, 1.807) is 6.20 Å². The number of aliphatic carboxylic acids is 1. The number of carbonyl (C=O) groups excluding carboxylic acids is 1. The second-order valence-corrected chi connectivity index (χ2v) is 12.4. The first-order valence-electron chi connectivity index (χ1n) is 15.0. The van der Waals surface area contributed by atoms with Gasteiger partial charge in [-0.15, -0.1) is 0 Å². The number of hydrogen-bond acceptors (Lipinski definition) is 6. The van der Waals surface area contributed by atoms with Gasteiger partial charge < -0.3 is 24.0 Å². The summed E-state index contributed by atoms with van der Waals surface area (Å²) in [6.07, 6.45) is 7.03. The number of carboxylic acid groups (broad SMARTS) is 1. The van der Waals surface area contributed by atoms with Crippen molar-refractivity contribution >= 4 is 11.9 Å². The number of aryl methyl sites for hydroxylation is 1. The molecule has 3 atom stereocenters. The molecule has 0 saturated carbocycles. The van der Waals surface area contributed by atoms with Crippen LogP contribution in [0.4, 0.5) is 0 Å². The zero-order chi connectivity index (χ0) is 29.4. The maximum Gasteiger partial charge on any atom is 0.308 e. The Morgan fingerprint density at radius 3 is 2.56 bits per heavy atom. The number of amides is 1. The molecule has 0 bridgehead atoms. The molecule has 9 heteroatoms. The molecule has 1 aromatic heterocycles. The number of benzene rings is 1. The predicted octanol–water partition coefficient (Wildman–Crippen LogP) is 4.03. The van der Waals surface area contributed by atoms with Crippen LogP contribution in [0.15, 0.2) is 42.6 Å². The molecule has 9 nitrogen and oxygen atoms in total. The number of unbranched alkanes of at least 4 members (excludes halogenated alkanes) is 2. The minimum Gasteiger partial charge on any atom is -0.481 e. The van der Waals surface area contributed by atoms with E-state index >= 15 is 0 Å². The van der Waals surface area contributed by atoms with Crippen molar-refractivity contribution in [1.29, 1.82) is 0 Å². The number of pyridine rings is 1. The van der Waals surface area contributed by atoms with Gasteiger partial charge in [0.25, 0.3) is 0 Å². The van der Waals surface area contributed by atoms with Crippen molar-refractivity contribution in [2.24, 2.45) is 5.92 Å². The number of ether oxygens (including phenoxy) is 2. The summed E-state index contributed by atoms with van der Waals surface area (Å²) in [5, 5.41) is 10.5. The Morgan fingerprint density at radius 1 is 1.07 bits per heavy atom. The van der Waals surface area contributed by atoms with Crippen LogP contribution in [0.2, 0.25) is 0 Å². The van der Waals surface area contributed by atoms with E-state index in [4.69, 9.17) is 9.47 Å². The van der Waals surface area contributed by atoms with E-state index in [0.717, 1.165) is 61.1 Å². The molecule has 1 unspecified atom stereocenters. The van der Waals surface area contributed by atoms with Gasteiger partial charge >= 0.3 is 5.97 Å². The number of carboxylic acids is 1. The first kappa shape index (κ1) is 30.8. The maximum absolute atomic E-state index is 13.8. The quantitative estimate of drug-likeness (QED) is 0.257. The number of aromatic nitrogens is 1. The van der Waals surface area contributed by atoms with E-state index in [1.807, 2.05) is 41.3 Å². The van der Waals surface area contributed by atoms with Gasteiger partial charge in [-0.3, -0.25) is 19.5 Å². The fourth-order valence-corrected chi connectivity index (χ4v) is 6.05. The zero-order valence-electron chi connectivity index (χ0n) is 25.1. The van der Waals surface area contributed by atoms with E-state index in [-0.39, 0.29) is 31.2 Å². The molecule has 0 spiro atoms. The van der Waals surface area contributed by atoms with Gasteiger partial charge in [0.1, 0.15) is 0 Å². The van der Waals surface area contributed by atoms with Gasteiger partial charge in [0, 0.05) is 43.5 Å². The zero-order valence-corrected chi connectivity index (χ0v) is 25.1. The van der Waals surface area contributed by atoms with Crippen LogP contribution in [-0.2, 0) is 16.0 Å². The maximum atomic E-state index is 13.8. The first-order valence-corrected chi connectivity index (χ1v) is 15.0. The van der Waals surface area contributed by atoms with Crippen LogP contribution < -0.4 is 9.47 Å². The Balaban J connectivity index is 1.54. The van der Waals surface area contributed by atoms with Crippen LogP contribution in [0.25, 0.3) is 0 Å². The highest BCUT2D eigenvalue weighted by Gasteiger charge is 2.47. The number of rotatable bonds is 15. The van der Waals surface area contributed by atoms with Crippen molar-refractivity contribution in [3.8, 4) is 11.5 Å². The number of carbonyl (C=O) groups is 2. The van der Waals surface area contributed by atoms with E-state index < -0.39 is 11.9 Å². The Morgan fingerprint density at radius 2 is 1.85 bits per heavy atom. The normalized spacial score (nSPS) is 20.3. The smallest absolute Gasteiger partial charge is 0.308 e. The minimum absolute atomic E-state index is 0.0852. The molecule has 224 valence electrons. The highest BCUT2D eigenvalue weighted by molar-refractivity contribution is 5.79. The molecule has 2 aromatic rings. The van der Waals surface area contributed by atoms with Crippen molar-refractivity contribution in [3.05, 3.63) is 53.9 Å². The van der Waals surface area contributed by atoms with Gasteiger partial charge in [0.2, 0.25) is 12.7 Å². The number of fused-ring (bicyclic) bond motifs is 1. The van der Waals surface area contributed by atoms with Gasteiger partial charge in [0.05, 0.1) is 40.2 Å². The van der Waals surface area contributed by atoms with Crippen molar-refractivity contribution in [3.63, 3.8) is 0 Å². The van der Waals surface area contributed by atoms with Crippen molar-refractivity contribution in [1.82, 2.24) is 14.8 Å². The van der Waals surface area contributed by atoms with Gasteiger partial charge in [-0.05, 0) is 61.9 Å². The summed E-state index contributed by atoms with van der Waals surface area (Å²) in [6, 6.07) is 11.2. The molecular weight excluding hydrogens is 520 g/mol. The van der Waals surface area contributed by atoms with Crippen molar-refractivity contribution in [2.75, 3.05) is 60.7 Å². The number of likely N-dealkylation sites (tertiary alicyclic amines) is 1. The summed E-state index contributed by atoms with van der Waals surface area (Å²) in [4.78, 5) is 35.2. The van der Waals surface area contributed by atoms with E-state index in [9.17, 15) is 14.7 Å². The molecule has 1 N–H and O–H groups in total. The summed E-state index contributed by atoms with van der Waals surface area (Å²) < 4.78 is 12.0. The second-order valence-electron chi connectivity index (χ2n) is 12.4. The number of hydrogen-bond donors (Lipinski definition) is 1. The highest BCUT2D eigenvalue weighted by atomic mass is 16.7. The Bertz CT molecular complexity index is 1150. The largest absolute Gasteiger partial charge is 0.481 e. The number of quaternary nitrogens is 1. The summed E-state index contributed by atoms with van der Waals surface area (Å²) >= 11 is 0. The Hall–Kier alpha value is -3.17. The third-order valence-electron chi connectivity index (χ3n) is 8.26. The summed E-state index contributed by atoms with van der Waals surface area (Å²) in [5.74, 6) is -0.350. The van der Waals surface area contributed by atoms with Crippen LogP contribution in [-0.4, -0.2) is 103 Å². The first-order chi connectivity index (χ1) is 19.7. The van der Waals surface area contributed by atoms with Crippen molar-refractivity contribution < 1.29 is 28.7 Å². The molecular formula is C32H47N4O5+. The molecule has 0 radical (unpaired) electrons. The van der Waals surface area contributed by atoms with Crippen LogP contribution in [0.5, 0.6) is 11.5 Å². The minimum atomic E-state index is -0.836. The fourth-order valence-electron chi connectivity index (χ4n) is 6.05. The van der Waals surface area contributed by atoms with Crippen LogP contribution in [0, 0.1) is 5.92 Å². The average Bonchev–Trinajstić information content (AvgIpc) is 3.55. The van der Waals surface area contributed by atoms with E-state index in [1.165, 1.54) is 0 Å². The highest BCUT2D eigenvalue weighted by Crippen LogP contribution is 2.43. The monoisotopic (exact) mass is 567 g/mol. The van der Waals surface area contributed by atoms with Crippen LogP contribution >= 0.6 is 0 Å². The van der Waals surface area contributed by atoms with E-state index in [2.05, 4.69) is 38.0 Å². The molecule has 3 heterocycles.